The summed E-state index contributed by atoms with van der Waals surface area (Å²) in [5.74, 6) is -2.01. The van der Waals surface area contributed by atoms with Gasteiger partial charge in [-0.15, -0.1) is 10.2 Å². The summed E-state index contributed by atoms with van der Waals surface area (Å²) in [7, 11) is -29.6. The quantitative estimate of drug-likeness (QED) is 0.0582. The fourth-order valence-electron chi connectivity index (χ4n) is 6.32. The van der Waals surface area contributed by atoms with Crippen LogP contribution in [0.5, 0.6) is 11.5 Å². The zero-order valence-corrected chi connectivity index (χ0v) is 37.8. The van der Waals surface area contributed by atoms with Gasteiger partial charge in [0.05, 0.1) is 40.7 Å². The second kappa shape index (κ2) is 16.7. The Balaban J connectivity index is 1.40. The third-order valence-electron chi connectivity index (χ3n) is 9.19. The van der Waals surface area contributed by atoms with Crippen molar-refractivity contribution in [3.8, 4) is 11.5 Å². The van der Waals surface area contributed by atoms with Crippen LogP contribution in [0.4, 0.5) is 34.1 Å². The van der Waals surface area contributed by atoms with Crippen LogP contribution < -0.4 is 11.5 Å². The Kier molecular flexibility index (Phi) is 12.4. The highest BCUT2D eigenvalue weighted by Gasteiger charge is 2.24. The van der Waals surface area contributed by atoms with Gasteiger partial charge in [0, 0.05) is 34.7 Å². The summed E-state index contributed by atoms with van der Waals surface area (Å²) in [6.45, 7) is 0. The third-order valence-corrected chi connectivity index (χ3v) is 14.8. The number of phenols is 2. The number of nitrogens with two attached hydrogens (primary N) is 2. The number of nitrogens with zero attached hydrogens (tertiary/aromatic N) is 4. The van der Waals surface area contributed by atoms with Crippen molar-refractivity contribution < 1.29 is 78.9 Å². The summed E-state index contributed by atoms with van der Waals surface area (Å²) in [5.41, 5.74) is 7.74. The first-order chi connectivity index (χ1) is 30.2. The molecule has 66 heavy (non-hydrogen) atoms. The Bertz CT molecular complexity index is 3660. The molecule has 0 saturated carbocycles. The number of rotatable bonds is 12. The van der Waals surface area contributed by atoms with Gasteiger partial charge in [0.25, 0.3) is 0 Å². The van der Waals surface area contributed by atoms with E-state index in [1.54, 1.807) is 0 Å². The molecule has 0 aliphatic heterocycles. The molecule has 0 fully saturated rings. The molecule has 348 valence electrons. The highest BCUT2D eigenvalue weighted by atomic mass is 32.2. The van der Waals surface area contributed by atoms with Gasteiger partial charge in [0.2, 0.25) is 0 Å². The summed E-state index contributed by atoms with van der Waals surface area (Å²) in [6.07, 6.45) is 3.58. The van der Waals surface area contributed by atoms with E-state index in [4.69, 9.17) is 11.5 Å². The normalized spacial score (nSPS) is 13.5. The van der Waals surface area contributed by atoms with E-state index in [0.29, 0.717) is 24.3 Å². The standard InChI is InChI=1S/C36H30N6O18S6/c1-61(45,46)27-13-21(39-41-33-29(62(2,47)48)11-19-9-23(63(49,50)51)15-25(37)31(19)35(33)43)7-5-17(27)3-4-18-6-8-22(14-28(18)65(55,56)57)40-42-34-30(66(58,59)60)12-20-10-24(64(52,53)54)16-26(38)32(20)36(34)44/h3-16,43-44H,37-38H2,1-2H3,(H,49,50,51)(H,52,53,54)(H,55,56,57)(H,58,59,60)/p-4/b4-3+,41-39?,42-40?. The van der Waals surface area contributed by atoms with Crippen LogP contribution in [0.25, 0.3) is 33.7 Å². The largest absolute Gasteiger partial charge is 0.744 e. The van der Waals surface area contributed by atoms with E-state index >= 15 is 0 Å². The van der Waals surface area contributed by atoms with Crippen LogP contribution in [0, 0.1) is 0 Å². The molecule has 0 aliphatic rings. The van der Waals surface area contributed by atoms with Gasteiger partial charge < -0.3 is 39.9 Å². The van der Waals surface area contributed by atoms with Crippen LogP contribution in [0.3, 0.4) is 0 Å². The number of benzene rings is 6. The molecule has 6 rings (SSSR count). The van der Waals surface area contributed by atoms with Crippen molar-refractivity contribution in [2.45, 2.75) is 29.4 Å². The van der Waals surface area contributed by atoms with Gasteiger partial charge in [-0.3, -0.25) is 0 Å². The minimum Gasteiger partial charge on any atom is -0.744 e. The van der Waals surface area contributed by atoms with Gasteiger partial charge in [-0.05, 0) is 82.6 Å². The van der Waals surface area contributed by atoms with Crippen molar-refractivity contribution >= 4 is 128 Å². The first-order valence-electron chi connectivity index (χ1n) is 17.4. The van der Waals surface area contributed by atoms with Crippen molar-refractivity contribution in [2.24, 2.45) is 20.5 Å². The number of fused-ring (bicyclic) bond motifs is 2. The lowest BCUT2D eigenvalue weighted by molar-refractivity contribution is 0.458. The molecule has 30 heteroatoms. The predicted molar refractivity (Wildman–Crippen MR) is 228 cm³/mol. The molecule has 0 bridgehead atoms. The summed E-state index contributed by atoms with van der Waals surface area (Å²) in [4.78, 5) is -5.16. The van der Waals surface area contributed by atoms with Crippen molar-refractivity contribution in [1.29, 1.82) is 0 Å². The molecule has 0 radical (unpaired) electrons. The fourth-order valence-corrected chi connectivity index (χ4v) is 10.5. The molecule has 0 aromatic heterocycles. The number of sulfone groups is 2. The number of hydrogen-bond donors (Lipinski definition) is 4. The fraction of sp³-hybridized carbons (Fsp3) is 0.0556. The van der Waals surface area contributed by atoms with Gasteiger partial charge in [-0.1, -0.05) is 24.3 Å². The highest BCUT2D eigenvalue weighted by Crippen LogP contribution is 2.46. The lowest BCUT2D eigenvalue weighted by Crippen LogP contribution is -2.03. The van der Waals surface area contributed by atoms with Crippen LogP contribution in [0.2, 0.25) is 0 Å². The number of azo groups is 2. The lowest BCUT2D eigenvalue weighted by atomic mass is 10.1. The van der Waals surface area contributed by atoms with Crippen LogP contribution >= 0.6 is 0 Å². The van der Waals surface area contributed by atoms with Crippen molar-refractivity contribution in [1.82, 2.24) is 0 Å². The van der Waals surface area contributed by atoms with Gasteiger partial charge in [0.1, 0.15) is 51.8 Å². The molecular formula is C36H26N6O18S6-4. The summed E-state index contributed by atoms with van der Waals surface area (Å²) < 4.78 is 195. The molecular weight excluding hydrogens is 997 g/mol. The van der Waals surface area contributed by atoms with E-state index in [1.165, 1.54) is 6.07 Å². The lowest BCUT2D eigenvalue weighted by Gasteiger charge is -2.16. The smallest absolute Gasteiger partial charge is 0.177 e. The zero-order chi connectivity index (χ0) is 49.3. The zero-order valence-electron chi connectivity index (χ0n) is 32.9. The molecule has 0 atom stereocenters. The average molecular weight is 1020 g/mol. The van der Waals surface area contributed by atoms with Gasteiger partial charge >= 0.3 is 0 Å². The number of nitrogen functional groups attached to an aromatic ring is 2. The SMILES string of the molecule is CS(=O)(=O)c1cc(N=Nc2c(S(C)(=O)=O)cc3cc(S(=O)(=O)[O-])cc(N)c3c2O)ccc1/C=C/c1ccc(N=Nc2c(S(=O)(=O)[O-])cc3cc(S(=O)(=O)[O-])cc(N)c3c2O)cc1S(=O)(=O)[O-]. The topological polar surface area (TPSA) is 439 Å². The monoisotopic (exact) mass is 1020 g/mol. The van der Waals surface area contributed by atoms with E-state index in [0.717, 1.165) is 67.1 Å². The Morgan fingerprint density at radius 3 is 1.20 bits per heavy atom. The molecule has 6 N–H and O–H groups in total. The average Bonchev–Trinajstić information content (AvgIpc) is 3.16. The van der Waals surface area contributed by atoms with E-state index in [2.05, 4.69) is 20.5 Å². The van der Waals surface area contributed by atoms with E-state index in [1.807, 2.05) is 0 Å². The molecule has 24 nitrogen and oxygen atoms in total. The molecule has 0 amide bonds. The first-order valence-corrected chi connectivity index (χ1v) is 26.8. The van der Waals surface area contributed by atoms with E-state index in [-0.39, 0.29) is 27.6 Å². The third kappa shape index (κ3) is 10.2. The van der Waals surface area contributed by atoms with Gasteiger partial charge in [0.15, 0.2) is 31.2 Å². The van der Waals surface area contributed by atoms with Crippen LogP contribution in [-0.4, -0.2) is 91.4 Å². The van der Waals surface area contributed by atoms with Crippen molar-refractivity contribution in [2.75, 3.05) is 24.0 Å². The van der Waals surface area contributed by atoms with Crippen LogP contribution in [0.15, 0.2) is 123 Å². The first kappa shape index (κ1) is 49.0. The maximum absolute atomic E-state index is 12.9. The van der Waals surface area contributed by atoms with Crippen molar-refractivity contribution in [3.05, 3.63) is 83.9 Å². The van der Waals surface area contributed by atoms with Gasteiger partial charge in [-0.25, -0.2) is 50.5 Å². The molecule has 0 unspecified atom stereocenters. The molecule has 0 heterocycles. The maximum atomic E-state index is 12.9. The van der Waals surface area contributed by atoms with E-state index in [9.17, 15) is 78.9 Å². The Labute approximate surface area is 374 Å². The number of hydrogen-bond acceptors (Lipinski definition) is 24. The summed E-state index contributed by atoms with van der Waals surface area (Å²) in [6, 6.07) is 10.2. The Morgan fingerprint density at radius 1 is 0.455 bits per heavy atom. The molecule has 0 aliphatic carbocycles. The van der Waals surface area contributed by atoms with Gasteiger partial charge in [-0.2, -0.15) is 10.2 Å². The number of phenolic OH excluding ortho intramolecular Hbond substituents is 2. The molecule has 6 aromatic carbocycles. The van der Waals surface area contributed by atoms with Crippen molar-refractivity contribution in [3.63, 3.8) is 0 Å². The maximum Gasteiger partial charge on any atom is 0.177 e. The summed E-state index contributed by atoms with van der Waals surface area (Å²) in [5, 5.41) is 35.4. The minimum atomic E-state index is -5.54. The minimum absolute atomic E-state index is 0.130. The molecule has 0 saturated heterocycles. The summed E-state index contributed by atoms with van der Waals surface area (Å²) >= 11 is 0. The predicted octanol–water partition coefficient (Wildman–Crippen LogP) is 3.99. The Morgan fingerprint density at radius 2 is 0.818 bits per heavy atom. The molecule has 6 aromatic rings. The highest BCUT2D eigenvalue weighted by molar-refractivity contribution is 7.91. The Hall–Kier alpha value is -6.48. The van der Waals surface area contributed by atoms with E-state index < -0.39 is 140 Å². The number of anilines is 2. The molecule has 0 spiro atoms. The second-order valence-electron chi connectivity index (χ2n) is 13.9. The van der Waals surface area contributed by atoms with Crippen LogP contribution in [0.1, 0.15) is 11.1 Å². The van der Waals surface area contributed by atoms with Crippen LogP contribution in [-0.2, 0) is 60.1 Å². The second-order valence-corrected chi connectivity index (χ2v) is 23.3. The number of aromatic hydroxyl groups is 2.